The first kappa shape index (κ1) is 14.0. The Hall–Kier alpha value is -1.10. The molecule has 0 radical (unpaired) electrons. The Morgan fingerprint density at radius 1 is 1.29 bits per heavy atom. The minimum atomic E-state index is -1.39. The molecular weight excluding hydrogens is 246 g/mol. The van der Waals surface area contributed by atoms with Gasteiger partial charge in [0.05, 0.1) is 11.3 Å². The van der Waals surface area contributed by atoms with Gasteiger partial charge in [-0.05, 0) is 32.9 Å². The molecule has 0 aromatic heterocycles. The lowest BCUT2D eigenvalue weighted by molar-refractivity contribution is 0.101. The highest BCUT2D eigenvalue weighted by Crippen LogP contribution is 2.15. The molecule has 0 aliphatic rings. The number of halogens is 2. The van der Waals surface area contributed by atoms with E-state index in [1.165, 1.54) is 0 Å². The van der Waals surface area contributed by atoms with Crippen LogP contribution in [0.3, 0.4) is 0 Å². The van der Waals surface area contributed by atoms with Crippen molar-refractivity contribution in [3.63, 3.8) is 0 Å². The molecule has 1 aromatic rings. The quantitative estimate of drug-likeness (QED) is 0.783. The average molecular weight is 260 g/mol. The zero-order chi connectivity index (χ0) is 13.2. The van der Waals surface area contributed by atoms with E-state index in [9.17, 15) is 17.8 Å². The molecule has 17 heavy (non-hydrogen) atoms. The summed E-state index contributed by atoms with van der Waals surface area (Å²) in [4.78, 5) is 11.7. The van der Waals surface area contributed by atoms with Crippen LogP contribution in [0.4, 0.5) is 8.78 Å². The molecular formula is C12H14F2O2S. The van der Waals surface area contributed by atoms with Crippen LogP contribution in [0.2, 0.25) is 0 Å². The number of benzene rings is 1. The van der Waals surface area contributed by atoms with Crippen LogP contribution in [-0.4, -0.2) is 20.5 Å². The van der Waals surface area contributed by atoms with E-state index in [1.54, 1.807) is 20.8 Å². The van der Waals surface area contributed by atoms with Gasteiger partial charge in [-0.1, -0.05) is 0 Å². The SMILES string of the molecule is CC(C)(C)S(=O)CC(=O)c1ccc(F)cc1F. The van der Waals surface area contributed by atoms with Crippen molar-refractivity contribution in [1.82, 2.24) is 0 Å². The molecule has 0 aliphatic carbocycles. The first-order valence-electron chi connectivity index (χ1n) is 5.08. The van der Waals surface area contributed by atoms with Crippen molar-refractivity contribution in [3.8, 4) is 0 Å². The number of hydrogen-bond acceptors (Lipinski definition) is 2. The maximum atomic E-state index is 13.3. The first-order valence-corrected chi connectivity index (χ1v) is 6.40. The normalized spacial score (nSPS) is 13.5. The van der Waals surface area contributed by atoms with Gasteiger partial charge in [0.2, 0.25) is 0 Å². The van der Waals surface area contributed by atoms with Gasteiger partial charge < -0.3 is 0 Å². The summed E-state index contributed by atoms with van der Waals surface area (Å²) in [5.41, 5.74) is -0.219. The molecule has 0 fully saturated rings. The molecule has 2 nitrogen and oxygen atoms in total. The molecule has 94 valence electrons. The summed E-state index contributed by atoms with van der Waals surface area (Å²) in [5.74, 6) is -2.49. The molecule has 0 aliphatic heterocycles. The summed E-state index contributed by atoms with van der Waals surface area (Å²) in [6.07, 6.45) is 0. The summed E-state index contributed by atoms with van der Waals surface area (Å²) in [7, 11) is -1.39. The van der Waals surface area contributed by atoms with Crippen LogP contribution < -0.4 is 0 Å². The molecule has 0 heterocycles. The summed E-state index contributed by atoms with van der Waals surface area (Å²) >= 11 is 0. The summed E-state index contributed by atoms with van der Waals surface area (Å²) in [5, 5.41) is 0. The van der Waals surface area contributed by atoms with Gasteiger partial charge in [-0.2, -0.15) is 0 Å². The van der Waals surface area contributed by atoms with Crippen molar-refractivity contribution in [3.05, 3.63) is 35.4 Å². The van der Waals surface area contributed by atoms with Gasteiger partial charge in [0.15, 0.2) is 5.78 Å². The molecule has 0 spiro atoms. The van der Waals surface area contributed by atoms with Crippen LogP contribution in [0.5, 0.6) is 0 Å². The van der Waals surface area contributed by atoms with Crippen molar-refractivity contribution in [1.29, 1.82) is 0 Å². The van der Waals surface area contributed by atoms with E-state index >= 15 is 0 Å². The molecule has 1 aromatic carbocycles. The Balaban J connectivity index is 2.88. The molecule has 0 amide bonds. The molecule has 1 rings (SSSR count). The standard InChI is InChI=1S/C12H14F2O2S/c1-12(2,3)17(16)7-11(15)9-5-4-8(13)6-10(9)14/h4-6H,7H2,1-3H3. The number of ketones is 1. The molecule has 0 saturated carbocycles. The second kappa shape index (κ2) is 5.04. The Morgan fingerprint density at radius 3 is 2.35 bits per heavy atom. The predicted octanol–water partition coefficient (Wildman–Crippen LogP) is 2.69. The number of carbonyl (C=O) groups is 1. The molecule has 1 atom stereocenters. The Bertz CT molecular complexity index is 464. The number of Topliss-reactive ketones (excluding diaryl/α,β-unsaturated/α-hetero) is 1. The Labute approximate surface area is 101 Å². The number of rotatable bonds is 3. The second-order valence-electron chi connectivity index (χ2n) is 4.65. The lowest BCUT2D eigenvalue weighted by atomic mass is 10.1. The fourth-order valence-corrected chi connectivity index (χ4v) is 1.96. The first-order chi connectivity index (χ1) is 7.71. The van der Waals surface area contributed by atoms with E-state index in [1.807, 2.05) is 0 Å². The molecule has 0 N–H and O–H groups in total. The average Bonchev–Trinajstić information content (AvgIpc) is 2.15. The molecule has 0 bridgehead atoms. The third-order valence-electron chi connectivity index (χ3n) is 2.18. The van der Waals surface area contributed by atoms with Crippen LogP contribution in [0.1, 0.15) is 31.1 Å². The van der Waals surface area contributed by atoms with E-state index in [4.69, 9.17) is 0 Å². The lowest BCUT2D eigenvalue weighted by Crippen LogP contribution is -2.28. The highest BCUT2D eigenvalue weighted by Gasteiger charge is 2.23. The molecule has 1 unspecified atom stereocenters. The maximum absolute atomic E-state index is 13.3. The number of carbonyl (C=O) groups excluding carboxylic acids is 1. The van der Waals surface area contributed by atoms with Crippen molar-refractivity contribution in [2.45, 2.75) is 25.5 Å². The van der Waals surface area contributed by atoms with E-state index < -0.39 is 33.0 Å². The summed E-state index contributed by atoms with van der Waals surface area (Å²) < 4.78 is 37.1. The summed E-state index contributed by atoms with van der Waals surface area (Å²) in [6.45, 7) is 5.20. The van der Waals surface area contributed by atoms with Crippen LogP contribution in [0.25, 0.3) is 0 Å². The second-order valence-corrected chi connectivity index (χ2v) is 6.85. The fourth-order valence-electron chi connectivity index (χ4n) is 1.13. The van der Waals surface area contributed by atoms with Gasteiger partial charge in [0.25, 0.3) is 0 Å². The van der Waals surface area contributed by atoms with Gasteiger partial charge in [-0.3, -0.25) is 9.00 Å². The fraction of sp³-hybridized carbons (Fsp3) is 0.417. The van der Waals surface area contributed by atoms with Gasteiger partial charge in [-0.25, -0.2) is 8.78 Å². The van der Waals surface area contributed by atoms with Crippen molar-refractivity contribution in [2.24, 2.45) is 0 Å². The van der Waals surface area contributed by atoms with Crippen molar-refractivity contribution >= 4 is 16.6 Å². The van der Waals surface area contributed by atoms with E-state index in [0.717, 1.165) is 12.1 Å². The van der Waals surface area contributed by atoms with Crippen LogP contribution >= 0.6 is 0 Å². The maximum Gasteiger partial charge on any atom is 0.178 e. The Kier molecular flexibility index (Phi) is 4.14. The largest absolute Gasteiger partial charge is 0.293 e. The van der Waals surface area contributed by atoms with E-state index in [-0.39, 0.29) is 11.3 Å². The minimum Gasteiger partial charge on any atom is -0.293 e. The van der Waals surface area contributed by atoms with Crippen LogP contribution in [0, 0.1) is 11.6 Å². The smallest absolute Gasteiger partial charge is 0.178 e. The highest BCUT2D eigenvalue weighted by molar-refractivity contribution is 7.87. The van der Waals surface area contributed by atoms with Crippen LogP contribution in [0.15, 0.2) is 18.2 Å². The van der Waals surface area contributed by atoms with Gasteiger partial charge in [0, 0.05) is 21.6 Å². The highest BCUT2D eigenvalue weighted by atomic mass is 32.2. The monoisotopic (exact) mass is 260 g/mol. The summed E-state index contributed by atoms with van der Waals surface area (Å²) in [6, 6.07) is 2.73. The molecule has 0 saturated heterocycles. The van der Waals surface area contributed by atoms with Gasteiger partial charge in [0.1, 0.15) is 11.6 Å². The van der Waals surface area contributed by atoms with E-state index in [0.29, 0.717) is 6.07 Å². The predicted molar refractivity (Wildman–Crippen MR) is 63.5 cm³/mol. The van der Waals surface area contributed by atoms with Gasteiger partial charge >= 0.3 is 0 Å². The zero-order valence-corrected chi connectivity index (χ0v) is 10.7. The topological polar surface area (TPSA) is 34.1 Å². The van der Waals surface area contributed by atoms with Gasteiger partial charge in [-0.15, -0.1) is 0 Å². The van der Waals surface area contributed by atoms with E-state index in [2.05, 4.69) is 0 Å². The number of hydrogen-bond donors (Lipinski definition) is 0. The molecule has 5 heteroatoms. The lowest BCUT2D eigenvalue weighted by Gasteiger charge is -2.17. The zero-order valence-electron chi connectivity index (χ0n) is 9.92. The third-order valence-corrected chi connectivity index (χ3v) is 4.07. The third kappa shape index (κ3) is 3.70. The van der Waals surface area contributed by atoms with Crippen LogP contribution in [-0.2, 0) is 10.8 Å². The minimum absolute atomic E-state index is 0.219. The van der Waals surface area contributed by atoms with Crippen molar-refractivity contribution < 1.29 is 17.8 Å². The van der Waals surface area contributed by atoms with Crippen molar-refractivity contribution in [2.75, 3.05) is 5.75 Å². The Morgan fingerprint density at radius 2 is 1.88 bits per heavy atom.